The number of alkyl halides is 2. The third-order valence-corrected chi connectivity index (χ3v) is 7.22. The minimum atomic E-state index is -3.06. The largest absolute Gasteiger partial charge is 0.457 e. The molecule has 3 N–H and O–H groups in total. The average molecular weight is 592 g/mol. The molecule has 2 aromatic carbocycles. The summed E-state index contributed by atoms with van der Waals surface area (Å²) in [6.07, 6.45) is 2.19. The quantitative estimate of drug-likeness (QED) is 0.250. The summed E-state index contributed by atoms with van der Waals surface area (Å²) in [6.45, 7) is 0.0355. The first-order chi connectivity index (χ1) is 20.7. The Bertz CT molecular complexity index is 1560. The van der Waals surface area contributed by atoms with Crippen LogP contribution in [-0.2, 0) is 14.3 Å². The van der Waals surface area contributed by atoms with Gasteiger partial charge in [-0.1, -0.05) is 17.7 Å². The van der Waals surface area contributed by atoms with Crippen molar-refractivity contribution in [3.8, 4) is 11.5 Å². The van der Waals surface area contributed by atoms with Gasteiger partial charge in [0.25, 0.3) is 5.91 Å². The summed E-state index contributed by atoms with van der Waals surface area (Å²) in [5, 5.41) is 6.26. The predicted octanol–water partition coefficient (Wildman–Crippen LogP) is 4.48. The lowest BCUT2D eigenvalue weighted by molar-refractivity contribution is -0.160. The number of fused-ring (bicyclic) bond motifs is 1. The number of aryl methyl sites for hydroxylation is 1. The Morgan fingerprint density at radius 1 is 1.07 bits per heavy atom. The van der Waals surface area contributed by atoms with Crippen LogP contribution in [0.5, 0.6) is 11.5 Å². The number of ether oxygens (including phenoxy) is 2. The molecule has 1 fully saturated rings. The van der Waals surface area contributed by atoms with Crippen LogP contribution in [0.2, 0.25) is 0 Å². The number of amides is 3. The lowest BCUT2D eigenvalue weighted by Gasteiger charge is -2.25. The number of pyridine rings is 1. The van der Waals surface area contributed by atoms with Crippen molar-refractivity contribution in [3.05, 3.63) is 89.9 Å². The van der Waals surface area contributed by atoms with E-state index in [1.165, 1.54) is 4.90 Å². The van der Waals surface area contributed by atoms with Gasteiger partial charge in [0.1, 0.15) is 17.5 Å². The molecule has 0 saturated carbocycles. The molecule has 2 aromatic heterocycles. The molecule has 0 radical (unpaired) electrons. The highest BCUT2D eigenvalue weighted by atomic mass is 19.3. The second-order valence-corrected chi connectivity index (χ2v) is 10.4. The molecular weight excluding hydrogens is 560 g/mol. The number of carbonyl (C=O) groups is 3. The Balaban J connectivity index is 1.19. The van der Waals surface area contributed by atoms with Crippen molar-refractivity contribution in [2.75, 3.05) is 13.1 Å². The van der Waals surface area contributed by atoms with Crippen molar-refractivity contribution in [2.45, 2.75) is 45.1 Å². The number of nitrogens with one attached hydrogen (secondary N) is 3. The highest BCUT2D eigenvalue weighted by molar-refractivity contribution is 5.97. The number of aromatic amines is 1. The zero-order valence-corrected chi connectivity index (χ0v) is 23.6. The second kappa shape index (κ2) is 13.0. The van der Waals surface area contributed by atoms with Gasteiger partial charge in [0.15, 0.2) is 0 Å². The summed E-state index contributed by atoms with van der Waals surface area (Å²) >= 11 is 0. The Morgan fingerprint density at radius 2 is 1.77 bits per heavy atom. The zero-order chi connectivity index (χ0) is 30.5. The SMILES string of the molecule is Cc1ccc(Oc2ccc(C(=O)NCC(=O)N3C[C@H](OC(F)F)C[C@H]3C(=O)N[C@H](C)c3cc4cnccc4[nH]3)cc2)cc1. The van der Waals surface area contributed by atoms with E-state index in [4.69, 9.17) is 4.74 Å². The van der Waals surface area contributed by atoms with Gasteiger partial charge in [0.2, 0.25) is 11.8 Å². The van der Waals surface area contributed by atoms with Crippen molar-refractivity contribution < 1.29 is 32.6 Å². The topological polar surface area (TPSA) is 126 Å². The molecule has 12 heteroatoms. The monoisotopic (exact) mass is 591 g/mol. The van der Waals surface area contributed by atoms with Gasteiger partial charge in [0, 0.05) is 47.5 Å². The van der Waals surface area contributed by atoms with Gasteiger partial charge in [-0.05, 0) is 62.4 Å². The number of rotatable bonds is 10. The van der Waals surface area contributed by atoms with Crippen LogP contribution in [0.15, 0.2) is 73.1 Å². The first-order valence-electron chi connectivity index (χ1n) is 13.7. The van der Waals surface area contributed by atoms with Crippen LogP contribution in [-0.4, -0.2) is 64.4 Å². The molecule has 5 rings (SSSR count). The van der Waals surface area contributed by atoms with Crippen LogP contribution in [0.3, 0.4) is 0 Å². The minimum absolute atomic E-state index is 0.109. The lowest BCUT2D eigenvalue weighted by Crippen LogP contribution is -2.49. The average Bonchev–Trinajstić information content (AvgIpc) is 3.62. The van der Waals surface area contributed by atoms with E-state index in [0.29, 0.717) is 17.1 Å². The number of hydrogen-bond donors (Lipinski definition) is 3. The standard InChI is InChI=1S/C31H31F2N5O5/c1-18-3-7-22(8-4-18)42-23-9-5-20(6-10-23)29(40)35-16-28(39)38-17-24(43-31(32)33)14-27(38)30(41)36-19(2)26-13-21-15-34-12-11-25(21)37-26/h3-13,15,19,24,27,31,37H,14,16-17H2,1-2H3,(H,35,40)(H,36,41)/t19-,24-,27+/m1/s1. The normalized spacial score (nSPS) is 17.2. The lowest BCUT2D eigenvalue weighted by atomic mass is 10.1. The highest BCUT2D eigenvalue weighted by Crippen LogP contribution is 2.25. The van der Waals surface area contributed by atoms with E-state index in [1.54, 1.807) is 49.6 Å². The number of hydrogen-bond acceptors (Lipinski definition) is 6. The van der Waals surface area contributed by atoms with E-state index >= 15 is 0 Å². The molecule has 1 aliphatic heterocycles. The van der Waals surface area contributed by atoms with Crippen LogP contribution in [0.25, 0.3) is 10.9 Å². The third-order valence-electron chi connectivity index (χ3n) is 7.22. The number of carbonyl (C=O) groups excluding carboxylic acids is 3. The molecule has 1 saturated heterocycles. The molecule has 43 heavy (non-hydrogen) atoms. The molecule has 0 aliphatic carbocycles. The Kier molecular flexibility index (Phi) is 8.96. The van der Waals surface area contributed by atoms with Gasteiger partial charge in [-0.15, -0.1) is 0 Å². The molecule has 0 unspecified atom stereocenters. The van der Waals surface area contributed by atoms with Crippen LogP contribution >= 0.6 is 0 Å². The summed E-state index contributed by atoms with van der Waals surface area (Å²) in [4.78, 5) is 47.6. The van der Waals surface area contributed by atoms with Gasteiger partial charge in [0.05, 0.1) is 18.7 Å². The molecule has 3 heterocycles. The minimum Gasteiger partial charge on any atom is -0.457 e. The van der Waals surface area contributed by atoms with Gasteiger partial charge in [-0.3, -0.25) is 19.4 Å². The number of halogens is 2. The van der Waals surface area contributed by atoms with Crippen LogP contribution < -0.4 is 15.4 Å². The fourth-order valence-corrected chi connectivity index (χ4v) is 4.96. The number of likely N-dealkylation sites (tertiary alicyclic amines) is 1. The van der Waals surface area contributed by atoms with Crippen molar-refractivity contribution in [1.29, 1.82) is 0 Å². The van der Waals surface area contributed by atoms with Gasteiger partial charge in [-0.25, -0.2) is 0 Å². The second-order valence-electron chi connectivity index (χ2n) is 10.4. The Morgan fingerprint density at radius 3 is 2.44 bits per heavy atom. The highest BCUT2D eigenvalue weighted by Gasteiger charge is 2.41. The molecule has 224 valence electrons. The zero-order valence-electron chi connectivity index (χ0n) is 23.6. The van der Waals surface area contributed by atoms with Gasteiger partial charge < -0.3 is 30.0 Å². The summed E-state index contributed by atoms with van der Waals surface area (Å²) in [5.41, 5.74) is 2.96. The first kappa shape index (κ1) is 29.6. The number of H-pyrrole nitrogens is 1. The van der Waals surface area contributed by atoms with E-state index in [9.17, 15) is 23.2 Å². The van der Waals surface area contributed by atoms with Crippen molar-refractivity contribution in [3.63, 3.8) is 0 Å². The number of nitrogens with zero attached hydrogens (tertiary/aromatic N) is 2. The maximum Gasteiger partial charge on any atom is 0.345 e. The summed E-state index contributed by atoms with van der Waals surface area (Å²) in [5.74, 6) is -0.450. The van der Waals surface area contributed by atoms with E-state index in [1.807, 2.05) is 37.3 Å². The molecule has 10 nitrogen and oxygen atoms in total. The predicted molar refractivity (Wildman–Crippen MR) is 154 cm³/mol. The fraction of sp³-hybridized carbons (Fsp3) is 0.290. The summed E-state index contributed by atoms with van der Waals surface area (Å²) < 4.78 is 36.4. The Hall–Kier alpha value is -4.84. The smallest absolute Gasteiger partial charge is 0.345 e. The van der Waals surface area contributed by atoms with Gasteiger partial charge >= 0.3 is 6.61 Å². The van der Waals surface area contributed by atoms with E-state index in [2.05, 4.69) is 25.3 Å². The van der Waals surface area contributed by atoms with Crippen molar-refractivity contribution in [2.24, 2.45) is 0 Å². The maximum atomic E-state index is 13.3. The molecule has 1 aliphatic rings. The summed E-state index contributed by atoms with van der Waals surface area (Å²) in [6, 6.07) is 16.0. The fourth-order valence-electron chi connectivity index (χ4n) is 4.96. The maximum absolute atomic E-state index is 13.3. The van der Waals surface area contributed by atoms with Crippen LogP contribution in [0, 0.1) is 6.92 Å². The van der Waals surface area contributed by atoms with E-state index in [-0.39, 0.29) is 13.0 Å². The number of benzene rings is 2. The van der Waals surface area contributed by atoms with E-state index < -0.39 is 49.1 Å². The third kappa shape index (κ3) is 7.33. The molecule has 4 aromatic rings. The molecule has 3 atom stereocenters. The Labute approximate surface area is 246 Å². The molecule has 0 spiro atoms. The molecule has 0 bridgehead atoms. The van der Waals surface area contributed by atoms with Crippen LogP contribution in [0.1, 0.15) is 41.0 Å². The van der Waals surface area contributed by atoms with E-state index in [0.717, 1.165) is 22.2 Å². The van der Waals surface area contributed by atoms with Crippen molar-refractivity contribution in [1.82, 2.24) is 25.5 Å². The first-order valence-corrected chi connectivity index (χ1v) is 13.7. The number of aromatic nitrogens is 2. The van der Waals surface area contributed by atoms with Crippen LogP contribution in [0.4, 0.5) is 8.78 Å². The summed E-state index contributed by atoms with van der Waals surface area (Å²) in [7, 11) is 0. The van der Waals surface area contributed by atoms with Crippen molar-refractivity contribution >= 4 is 28.6 Å². The van der Waals surface area contributed by atoms with Gasteiger partial charge in [-0.2, -0.15) is 8.78 Å². The molecular formula is C31H31F2N5O5. The molecule has 3 amide bonds.